The number of nitrogens with zero attached hydrogens (tertiary/aromatic N) is 2. The summed E-state index contributed by atoms with van der Waals surface area (Å²) < 4.78 is 38.4. The fourth-order valence-electron chi connectivity index (χ4n) is 3.52. The summed E-state index contributed by atoms with van der Waals surface area (Å²) in [5.74, 6) is -1.47. The number of anilines is 2. The predicted octanol–water partition coefficient (Wildman–Crippen LogP) is 1.59. The van der Waals surface area contributed by atoms with Gasteiger partial charge in [-0.1, -0.05) is 18.2 Å². The van der Waals surface area contributed by atoms with Crippen molar-refractivity contribution >= 4 is 39.1 Å². The van der Waals surface area contributed by atoms with E-state index >= 15 is 0 Å². The van der Waals surface area contributed by atoms with Crippen LogP contribution in [0.1, 0.15) is 13.3 Å². The maximum absolute atomic E-state index is 13.6. The van der Waals surface area contributed by atoms with Gasteiger partial charge >= 0.3 is 0 Å². The largest absolute Gasteiger partial charge is 0.354 e. The van der Waals surface area contributed by atoms with Gasteiger partial charge in [0, 0.05) is 26.8 Å². The van der Waals surface area contributed by atoms with E-state index < -0.39 is 34.2 Å². The summed E-state index contributed by atoms with van der Waals surface area (Å²) in [5.41, 5.74) is 0.782. The minimum Gasteiger partial charge on any atom is -0.354 e. The second kappa shape index (κ2) is 10.2. The molecule has 2 aromatic carbocycles. The van der Waals surface area contributed by atoms with Gasteiger partial charge in [-0.2, -0.15) is 4.31 Å². The SMILES string of the molecule is COC(CN(C1CC(=O)N(c2ccccc2)C1=O)S(=O)(=O)c1ccc(NC(C)=O)cc1)OC. The zero-order chi connectivity index (χ0) is 24.2. The van der Waals surface area contributed by atoms with Gasteiger partial charge in [-0.25, -0.2) is 13.3 Å². The highest BCUT2D eigenvalue weighted by molar-refractivity contribution is 7.89. The molecule has 3 rings (SSSR count). The number of hydrogen-bond acceptors (Lipinski definition) is 7. The number of para-hydroxylation sites is 1. The monoisotopic (exact) mass is 475 g/mol. The number of imide groups is 1. The molecule has 0 saturated carbocycles. The predicted molar refractivity (Wildman–Crippen MR) is 120 cm³/mol. The lowest BCUT2D eigenvalue weighted by Crippen LogP contribution is -2.49. The van der Waals surface area contributed by atoms with Crippen molar-refractivity contribution in [3.8, 4) is 0 Å². The first kappa shape index (κ1) is 24.5. The number of amides is 3. The molecule has 0 bridgehead atoms. The van der Waals surface area contributed by atoms with E-state index in [4.69, 9.17) is 9.47 Å². The molecule has 1 N–H and O–H groups in total. The van der Waals surface area contributed by atoms with Crippen LogP contribution in [0, 0.1) is 0 Å². The van der Waals surface area contributed by atoms with Crippen LogP contribution < -0.4 is 10.2 Å². The molecule has 1 fully saturated rings. The number of nitrogens with one attached hydrogen (secondary N) is 1. The number of rotatable bonds is 9. The van der Waals surface area contributed by atoms with Crippen LogP contribution in [0.15, 0.2) is 59.5 Å². The van der Waals surface area contributed by atoms with Crippen molar-refractivity contribution in [2.24, 2.45) is 0 Å². The van der Waals surface area contributed by atoms with Gasteiger partial charge in [0.15, 0.2) is 6.29 Å². The minimum absolute atomic E-state index is 0.110. The molecule has 33 heavy (non-hydrogen) atoms. The van der Waals surface area contributed by atoms with Crippen molar-refractivity contribution in [1.29, 1.82) is 0 Å². The molecule has 2 aromatic rings. The summed E-state index contributed by atoms with van der Waals surface area (Å²) in [6.07, 6.45) is -1.29. The molecule has 0 spiro atoms. The molecule has 10 nitrogen and oxygen atoms in total. The number of benzene rings is 2. The molecule has 1 aliphatic rings. The molecule has 11 heteroatoms. The van der Waals surface area contributed by atoms with Crippen LogP contribution in [0.25, 0.3) is 0 Å². The number of carbonyl (C=O) groups is 3. The van der Waals surface area contributed by atoms with E-state index in [1.807, 2.05) is 0 Å². The second-order valence-electron chi connectivity index (χ2n) is 7.30. The first-order valence-corrected chi connectivity index (χ1v) is 11.5. The Kier molecular flexibility index (Phi) is 7.59. The molecule has 3 amide bonds. The first-order chi connectivity index (χ1) is 15.7. The quantitative estimate of drug-likeness (QED) is 0.432. The number of hydrogen-bond donors (Lipinski definition) is 1. The summed E-state index contributed by atoms with van der Waals surface area (Å²) in [7, 11) is -1.55. The van der Waals surface area contributed by atoms with Gasteiger partial charge < -0.3 is 14.8 Å². The number of sulfonamides is 1. The van der Waals surface area contributed by atoms with Crippen LogP contribution in [0.3, 0.4) is 0 Å². The molecule has 1 atom stereocenters. The zero-order valence-corrected chi connectivity index (χ0v) is 19.2. The lowest BCUT2D eigenvalue weighted by molar-refractivity contribution is -0.126. The van der Waals surface area contributed by atoms with Gasteiger partial charge in [0.05, 0.1) is 23.5 Å². The van der Waals surface area contributed by atoms with Crippen LogP contribution in [0.2, 0.25) is 0 Å². The molecule has 1 heterocycles. The van der Waals surface area contributed by atoms with Crippen molar-refractivity contribution in [3.05, 3.63) is 54.6 Å². The second-order valence-corrected chi connectivity index (χ2v) is 9.19. The molecule has 1 saturated heterocycles. The fourth-order valence-corrected chi connectivity index (χ4v) is 5.09. The Morgan fingerprint density at radius 3 is 2.24 bits per heavy atom. The Morgan fingerprint density at radius 2 is 1.70 bits per heavy atom. The third kappa shape index (κ3) is 5.28. The highest BCUT2D eigenvalue weighted by Crippen LogP contribution is 2.30. The van der Waals surface area contributed by atoms with E-state index in [-0.39, 0.29) is 23.8 Å². The van der Waals surface area contributed by atoms with E-state index in [0.717, 1.165) is 9.21 Å². The van der Waals surface area contributed by atoms with Crippen molar-refractivity contribution in [1.82, 2.24) is 4.31 Å². The lowest BCUT2D eigenvalue weighted by atomic mass is 10.2. The third-order valence-corrected chi connectivity index (χ3v) is 7.01. The van der Waals surface area contributed by atoms with Crippen LogP contribution in [0.4, 0.5) is 11.4 Å². The van der Waals surface area contributed by atoms with E-state index in [2.05, 4.69) is 5.32 Å². The fraction of sp³-hybridized carbons (Fsp3) is 0.318. The lowest BCUT2D eigenvalue weighted by Gasteiger charge is -2.29. The minimum atomic E-state index is -4.25. The number of ether oxygens (including phenoxy) is 2. The standard InChI is InChI=1S/C22H25N3O7S/c1-15(26)23-16-9-11-18(12-10-16)33(29,30)24(14-21(31-2)32-3)19-13-20(27)25(22(19)28)17-7-5-4-6-8-17/h4-12,19,21H,13-14H2,1-3H3,(H,23,26). The maximum atomic E-state index is 13.6. The van der Waals surface area contributed by atoms with Crippen LogP contribution in [0.5, 0.6) is 0 Å². The maximum Gasteiger partial charge on any atom is 0.252 e. The summed E-state index contributed by atoms with van der Waals surface area (Å²) in [4.78, 5) is 38.1. The molecule has 1 aliphatic heterocycles. The Labute approximate surface area is 192 Å². The Morgan fingerprint density at radius 1 is 1.09 bits per heavy atom. The average molecular weight is 476 g/mol. The number of methoxy groups -OCH3 is 2. The summed E-state index contributed by atoms with van der Waals surface area (Å²) in [6, 6.07) is 12.6. The summed E-state index contributed by atoms with van der Waals surface area (Å²) in [6.45, 7) is 1.03. The Hall–Kier alpha value is -3.12. The third-order valence-electron chi connectivity index (χ3n) is 5.12. The smallest absolute Gasteiger partial charge is 0.252 e. The Balaban J connectivity index is 1.98. The van der Waals surface area contributed by atoms with E-state index in [1.54, 1.807) is 30.3 Å². The summed E-state index contributed by atoms with van der Waals surface area (Å²) >= 11 is 0. The van der Waals surface area contributed by atoms with E-state index in [9.17, 15) is 22.8 Å². The normalized spacial score (nSPS) is 16.6. The van der Waals surface area contributed by atoms with Gasteiger partial charge in [0.1, 0.15) is 6.04 Å². The van der Waals surface area contributed by atoms with Gasteiger partial charge in [0.2, 0.25) is 21.8 Å². The highest BCUT2D eigenvalue weighted by Gasteiger charge is 2.47. The summed E-state index contributed by atoms with van der Waals surface area (Å²) in [5, 5.41) is 2.56. The van der Waals surface area contributed by atoms with Crippen molar-refractivity contribution in [2.75, 3.05) is 31.0 Å². The molecular weight excluding hydrogens is 450 g/mol. The molecule has 1 unspecified atom stereocenters. The van der Waals surface area contributed by atoms with Crippen molar-refractivity contribution in [3.63, 3.8) is 0 Å². The molecule has 0 aliphatic carbocycles. The first-order valence-electron chi connectivity index (χ1n) is 10.1. The van der Waals surface area contributed by atoms with E-state index in [0.29, 0.717) is 11.4 Å². The topological polar surface area (TPSA) is 122 Å². The van der Waals surface area contributed by atoms with Gasteiger partial charge in [-0.3, -0.25) is 14.4 Å². The van der Waals surface area contributed by atoms with Crippen LogP contribution in [-0.2, 0) is 33.9 Å². The Bertz CT molecular complexity index is 1120. The molecule has 0 aromatic heterocycles. The number of carbonyl (C=O) groups excluding carboxylic acids is 3. The molecule has 0 radical (unpaired) electrons. The van der Waals surface area contributed by atoms with Crippen LogP contribution in [-0.4, -0.2) is 63.5 Å². The van der Waals surface area contributed by atoms with E-state index in [1.165, 1.54) is 45.4 Å². The van der Waals surface area contributed by atoms with Gasteiger partial charge in [-0.05, 0) is 36.4 Å². The molecule has 176 valence electrons. The highest BCUT2D eigenvalue weighted by atomic mass is 32.2. The van der Waals surface area contributed by atoms with Gasteiger partial charge in [-0.15, -0.1) is 0 Å². The van der Waals surface area contributed by atoms with Crippen molar-refractivity contribution < 1.29 is 32.3 Å². The average Bonchev–Trinajstić information content (AvgIpc) is 3.08. The van der Waals surface area contributed by atoms with Crippen molar-refractivity contribution in [2.45, 2.75) is 30.6 Å². The zero-order valence-electron chi connectivity index (χ0n) is 18.4. The van der Waals surface area contributed by atoms with Gasteiger partial charge in [0.25, 0.3) is 5.91 Å². The van der Waals surface area contributed by atoms with Crippen LogP contribution >= 0.6 is 0 Å². The molecular formula is C22H25N3O7S.